The summed E-state index contributed by atoms with van der Waals surface area (Å²) in [6.07, 6.45) is 7.71. The average Bonchev–Trinajstić information content (AvgIpc) is 3.46. The molecule has 1 fully saturated rings. The van der Waals surface area contributed by atoms with Crippen molar-refractivity contribution in [3.05, 3.63) is 57.5 Å². The fraction of sp³-hybridized carbons (Fsp3) is 0.462. The van der Waals surface area contributed by atoms with E-state index < -0.39 is 0 Å². The largest absolute Gasteiger partial charge is 0.383 e. The summed E-state index contributed by atoms with van der Waals surface area (Å²) >= 11 is 0. The lowest BCUT2D eigenvalue weighted by atomic mass is 9.98. The summed E-state index contributed by atoms with van der Waals surface area (Å²) in [5, 5.41) is 12.7. The first kappa shape index (κ1) is 23.6. The minimum absolute atomic E-state index is 0.0844. The van der Waals surface area contributed by atoms with Gasteiger partial charge in [-0.25, -0.2) is 4.99 Å². The summed E-state index contributed by atoms with van der Waals surface area (Å²) in [6.45, 7) is 4.50. The molecule has 1 aromatic carbocycles. The van der Waals surface area contributed by atoms with E-state index in [1.165, 1.54) is 12.8 Å². The standard InChI is InChI=1S/C26H32N6O2/c1-3-6-21(16(2)14-27)31-22-11-12-29-25(33)23(22)24(28)30-18-9-10-20-17(13-18)15-32(26(20)34)19-7-4-5-8-19/h9-13,16,19,21H,3-8,15H2,1-2H3,(H2,28,30)(H2,29,31,33)/t16?,21-/m0/s1. The number of nitrogens with zero attached hydrogens (tertiary/aromatic N) is 3. The molecule has 2 heterocycles. The Labute approximate surface area is 199 Å². The van der Waals surface area contributed by atoms with Crippen LogP contribution < -0.4 is 16.6 Å². The highest BCUT2D eigenvalue weighted by atomic mass is 16.2. The summed E-state index contributed by atoms with van der Waals surface area (Å²) in [5.41, 5.74) is 9.04. The van der Waals surface area contributed by atoms with E-state index in [4.69, 9.17) is 5.73 Å². The zero-order valence-electron chi connectivity index (χ0n) is 19.8. The van der Waals surface area contributed by atoms with Crippen molar-refractivity contribution in [2.45, 2.75) is 71.0 Å². The molecule has 0 spiro atoms. The third kappa shape index (κ3) is 4.69. The van der Waals surface area contributed by atoms with Gasteiger partial charge in [0.05, 0.1) is 23.4 Å². The zero-order valence-corrected chi connectivity index (χ0v) is 19.8. The number of rotatable bonds is 8. The van der Waals surface area contributed by atoms with Crippen LogP contribution in [0.1, 0.15) is 73.9 Å². The number of aromatic nitrogens is 1. The molecule has 8 nitrogen and oxygen atoms in total. The fourth-order valence-corrected chi connectivity index (χ4v) is 5.01. The molecule has 8 heteroatoms. The van der Waals surface area contributed by atoms with Crippen LogP contribution in [0, 0.1) is 17.2 Å². The number of H-pyrrole nitrogens is 1. The normalized spacial score (nSPS) is 18.0. The highest BCUT2D eigenvalue weighted by Gasteiger charge is 2.34. The first-order valence-electron chi connectivity index (χ1n) is 12.1. The van der Waals surface area contributed by atoms with Crippen LogP contribution in [0.15, 0.2) is 40.2 Å². The molecular formula is C26H32N6O2. The number of carbonyl (C=O) groups is 1. The van der Waals surface area contributed by atoms with E-state index in [9.17, 15) is 14.9 Å². The van der Waals surface area contributed by atoms with E-state index in [-0.39, 0.29) is 34.8 Å². The molecule has 1 unspecified atom stereocenters. The minimum atomic E-state index is -0.352. The van der Waals surface area contributed by atoms with Crippen molar-refractivity contribution in [2.24, 2.45) is 16.6 Å². The van der Waals surface area contributed by atoms with E-state index in [2.05, 4.69) is 28.3 Å². The number of aromatic amines is 1. The summed E-state index contributed by atoms with van der Waals surface area (Å²) in [6, 6.07) is 9.69. The summed E-state index contributed by atoms with van der Waals surface area (Å²) in [7, 11) is 0. The number of hydrogen-bond acceptors (Lipinski definition) is 5. The molecule has 0 saturated heterocycles. The Morgan fingerprint density at radius 3 is 2.79 bits per heavy atom. The molecule has 2 aliphatic rings. The minimum Gasteiger partial charge on any atom is -0.383 e. The predicted octanol–water partition coefficient (Wildman–Crippen LogP) is 4.05. The molecule has 1 saturated carbocycles. The van der Waals surface area contributed by atoms with Gasteiger partial charge in [0.2, 0.25) is 0 Å². The van der Waals surface area contributed by atoms with Crippen molar-refractivity contribution in [1.29, 1.82) is 5.26 Å². The maximum absolute atomic E-state index is 12.9. The van der Waals surface area contributed by atoms with Crippen LogP contribution in [0.4, 0.5) is 11.4 Å². The molecular weight excluding hydrogens is 428 g/mol. The summed E-state index contributed by atoms with van der Waals surface area (Å²) in [5.74, 6) is -0.0617. The van der Waals surface area contributed by atoms with Gasteiger partial charge in [-0.05, 0) is 56.0 Å². The van der Waals surface area contributed by atoms with Gasteiger partial charge >= 0.3 is 0 Å². The van der Waals surface area contributed by atoms with Gasteiger partial charge in [-0.3, -0.25) is 9.59 Å². The fourth-order valence-electron chi connectivity index (χ4n) is 5.01. The van der Waals surface area contributed by atoms with Crippen molar-refractivity contribution in [1.82, 2.24) is 9.88 Å². The average molecular weight is 461 g/mol. The zero-order chi connectivity index (χ0) is 24.2. The number of nitrogens with two attached hydrogens (primary N) is 1. The molecule has 2 atom stereocenters. The number of pyridine rings is 1. The second-order valence-corrected chi connectivity index (χ2v) is 9.26. The number of nitriles is 1. The molecule has 34 heavy (non-hydrogen) atoms. The molecule has 178 valence electrons. The van der Waals surface area contributed by atoms with Gasteiger partial charge in [0, 0.05) is 30.4 Å². The molecule has 0 radical (unpaired) electrons. The van der Waals surface area contributed by atoms with Crippen molar-refractivity contribution < 1.29 is 4.79 Å². The van der Waals surface area contributed by atoms with Crippen LogP contribution in [0.25, 0.3) is 0 Å². The maximum Gasteiger partial charge on any atom is 0.261 e. The third-order valence-electron chi connectivity index (χ3n) is 6.90. The molecule has 4 N–H and O–H groups in total. The Morgan fingerprint density at radius 1 is 1.32 bits per heavy atom. The van der Waals surface area contributed by atoms with E-state index in [0.29, 0.717) is 24.0 Å². The van der Waals surface area contributed by atoms with Crippen LogP contribution in [-0.4, -0.2) is 33.7 Å². The third-order valence-corrected chi connectivity index (χ3v) is 6.90. The lowest BCUT2D eigenvalue weighted by molar-refractivity contribution is 0.0707. The quantitative estimate of drug-likeness (QED) is 0.404. The second kappa shape index (κ2) is 10.1. The van der Waals surface area contributed by atoms with Crippen LogP contribution in [-0.2, 0) is 6.54 Å². The maximum atomic E-state index is 12.9. The summed E-state index contributed by atoms with van der Waals surface area (Å²) < 4.78 is 0. The predicted molar refractivity (Wildman–Crippen MR) is 133 cm³/mol. The lowest BCUT2D eigenvalue weighted by Crippen LogP contribution is -2.33. The van der Waals surface area contributed by atoms with Gasteiger partial charge < -0.3 is 20.9 Å². The smallest absolute Gasteiger partial charge is 0.261 e. The SMILES string of the molecule is CCC[C@H](Nc1cc[nH]c(=O)c1C(N)=Nc1ccc2c(c1)CN(C1CCCC1)C2=O)C(C)C#N. The van der Waals surface area contributed by atoms with E-state index in [1.54, 1.807) is 24.4 Å². The lowest BCUT2D eigenvalue weighted by Gasteiger charge is -2.23. The Hall–Kier alpha value is -3.60. The molecule has 1 amide bonds. The Morgan fingerprint density at radius 2 is 2.09 bits per heavy atom. The Bertz CT molecular complexity index is 1190. The summed E-state index contributed by atoms with van der Waals surface area (Å²) in [4.78, 5) is 34.7. The number of carbonyl (C=O) groups excluding carboxylic acids is 1. The number of benzene rings is 1. The van der Waals surface area contributed by atoms with Gasteiger partial charge in [0.1, 0.15) is 11.4 Å². The first-order chi connectivity index (χ1) is 16.4. The number of hydrogen-bond donors (Lipinski definition) is 3. The molecule has 1 aliphatic heterocycles. The highest BCUT2D eigenvalue weighted by Crippen LogP contribution is 2.33. The molecule has 0 bridgehead atoms. The van der Waals surface area contributed by atoms with Crippen molar-refractivity contribution in [2.75, 3.05) is 5.32 Å². The van der Waals surface area contributed by atoms with Gasteiger partial charge in [0.25, 0.3) is 11.5 Å². The first-order valence-corrected chi connectivity index (χ1v) is 12.1. The van der Waals surface area contributed by atoms with E-state index in [0.717, 1.165) is 36.8 Å². The molecule has 2 aromatic rings. The van der Waals surface area contributed by atoms with Crippen LogP contribution in [0.3, 0.4) is 0 Å². The van der Waals surface area contributed by atoms with Gasteiger partial charge in [-0.1, -0.05) is 26.2 Å². The molecule has 1 aromatic heterocycles. The molecule has 1 aliphatic carbocycles. The van der Waals surface area contributed by atoms with Crippen LogP contribution >= 0.6 is 0 Å². The number of fused-ring (bicyclic) bond motifs is 1. The number of amidine groups is 1. The monoisotopic (exact) mass is 460 g/mol. The number of anilines is 1. The number of aliphatic imine (C=N–C) groups is 1. The topological polar surface area (TPSA) is 127 Å². The van der Waals surface area contributed by atoms with Crippen LogP contribution in [0.2, 0.25) is 0 Å². The van der Waals surface area contributed by atoms with Gasteiger partial charge in [0.15, 0.2) is 0 Å². The van der Waals surface area contributed by atoms with Crippen LogP contribution in [0.5, 0.6) is 0 Å². The Kier molecular flexibility index (Phi) is 7.01. The van der Waals surface area contributed by atoms with Crippen molar-refractivity contribution in [3.8, 4) is 6.07 Å². The van der Waals surface area contributed by atoms with E-state index in [1.807, 2.05) is 17.9 Å². The van der Waals surface area contributed by atoms with Crippen molar-refractivity contribution in [3.63, 3.8) is 0 Å². The van der Waals surface area contributed by atoms with Gasteiger partial charge in [-0.2, -0.15) is 5.26 Å². The number of nitrogens with one attached hydrogen (secondary N) is 2. The van der Waals surface area contributed by atoms with E-state index >= 15 is 0 Å². The second-order valence-electron chi connectivity index (χ2n) is 9.26. The van der Waals surface area contributed by atoms with Gasteiger partial charge in [-0.15, -0.1) is 0 Å². The molecule has 4 rings (SSSR count). The Balaban J connectivity index is 1.61. The highest BCUT2D eigenvalue weighted by molar-refractivity contribution is 6.04. The number of amides is 1. The van der Waals surface area contributed by atoms with Crippen molar-refractivity contribution >= 4 is 23.1 Å².